The van der Waals surface area contributed by atoms with Gasteiger partial charge in [0.15, 0.2) is 0 Å². The van der Waals surface area contributed by atoms with E-state index < -0.39 is 30.1 Å². The Morgan fingerprint density at radius 3 is 2.44 bits per heavy atom. The number of methoxy groups -OCH3 is 1. The van der Waals surface area contributed by atoms with Gasteiger partial charge in [-0.3, -0.25) is 14.6 Å². The zero-order valence-electron chi connectivity index (χ0n) is 23.0. The second kappa shape index (κ2) is 15.5. The molecular formula is C29H35Cl2N3O6S. The van der Waals surface area contributed by atoms with Crippen molar-refractivity contribution in [1.82, 2.24) is 15.1 Å². The maximum atomic E-state index is 13.2. The maximum absolute atomic E-state index is 13.2. The summed E-state index contributed by atoms with van der Waals surface area (Å²) in [6.07, 6.45) is 3.25. The Hall–Kier alpha value is -2.66. The number of piperidine rings is 1. The summed E-state index contributed by atoms with van der Waals surface area (Å²) in [6, 6.07) is 10.8. The minimum Gasteiger partial charge on any atom is -0.489 e. The van der Waals surface area contributed by atoms with E-state index in [9.17, 15) is 14.4 Å². The molecule has 1 N–H and O–H groups in total. The van der Waals surface area contributed by atoms with Crippen molar-refractivity contribution >= 4 is 52.9 Å². The molecule has 0 spiro atoms. The van der Waals surface area contributed by atoms with Crippen molar-refractivity contribution in [3.8, 4) is 5.75 Å². The van der Waals surface area contributed by atoms with Crippen LogP contribution in [0.2, 0.25) is 10.0 Å². The van der Waals surface area contributed by atoms with Gasteiger partial charge < -0.3 is 19.5 Å². The number of carbonyl (C=O) groups excluding carboxylic acids is 3. The quantitative estimate of drug-likeness (QED) is 0.358. The smallest absolute Gasteiger partial charge is 0.411 e. The van der Waals surface area contributed by atoms with Crippen molar-refractivity contribution in [1.29, 1.82) is 0 Å². The maximum Gasteiger partial charge on any atom is 0.411 e. The molecular weight excluding hydrogens is 589 g/mol. The number of benzene rings is 2. The summed E-state index contributed by atoms with van der Waals surface area (Å²) in [4.78, 5) is 42.2. The molecule has 2 heterocycles. The molecule has 0 aromatic heterocycles. The summed E-state index contributed by atoms with van der Waals surface area (Å²) < 4.78 is 16.3. The lowest BCUT2D eigenvalue weighted by Crippen LogP contribution is -2.52. The van der Waals surface area contributed by atoms with Gasteiger partial charge in [0.05, 0.1) is 13.0 Å². The van der Waals surface area contributed by atoms with E-state index in [1.165, 1.54) is 30.2 Å². The first-order valence-corrected chi connectivity index (χ1v) is 15.5. The molecule has 2 saturated heterocycles. The van der Waals surface area contributed by atoms with Crippen molar-refractivity contribution in [2.45, 2.75) is 44.4 Å². The molecule has 0 radical (unpaired) electrons. The molecule has 2 fully saturated rings. The van der Waals surface area contributed by atoms with Crippen molar-refractivity contribution in [3.63, 3.8) is 0 Å². The van der Waals surface area contributed by atoms with Crippen LogP contribution in [0.15, 0.2) is 42.5 Å². The van der Waals surface area contributed by atoms with Gasteiger partial charge >= 0.3 is 12.1 Å². The van der Waals surface area contributed by atoms with Gasteiger partial charge in [-0.15, -0.1) is 11.8 Å². The van der Waals surface area contributed by atoms with Gasteiger partial charge in [0.2, 0.25) is 5.91 Å². The SMILES string of the molecule is COC(=O)[C@H](Cc1ccc(OCc2c(Cl)cccc2Cl)cc1)NC(=O)C1CSCN1C(=O)OCCN1CCCCC1. The van der Waals surface area contributed by atoms with Crippen LogP contribution in [0, 0.1) is 0 Å². The Bertz CT molecular complexity index is 1180. The topological polar surface area (TPSA) is 97.4 Å². The zero-order chi connectivity index (χ0) is 29.2. The molecule has 2 atom stereocenters. The first kappa shape index (κ1) is 31.3. The molecule has 2 aromatic carbocycles. The number of amides is 2. The van der Waals surface area contributed by atoms with Gasteiger partial charge in [-0.1, -0.05) is 47.8 Å². The number of halogens is 2. The van der Waals surface area contributed by atoms with Crippen molar-refractivity contribution < 1.29 is 28.6 Å². The normalized spacial score (nSPS) is 18.0. The number of likely N-dealkylation sites (tertiary alicyclic amines) is 1. The highest BCUT2D eigenvalue weighted by atomic mass is 35.5. The number of nitrogens with one attached hydrogen (secondary N) is 1. The van der Waals surface area contributed by atoms with Gasteiger partial charge in [0, 0.05) is 34.3 Å². The second-order valence-corrected chi connectivity index (χ2v) is 11.7. The fraction of sp³-hybridized carbons (Fsp3) is 0.483. The molecule has 1 unspecified atom stereocenters. The Morgan fingerprint density at radius 1 is 1.05 bits per heavy atom. The van der Waals surface area contributed by atoms with E-state index >= 15 is 0 Å². The number of nitrogens with zero attached hydrogens (tertiary/aromatic N) is 2. The minimum absolute atomic E-state index is 0.204. The fourth-order valence-corrected chi connectivity index (χ4v) is 6.40. The number of ether oxygens (including phenoxy) is 3. The van der Waals surface area contributed by atoms with E-state index in [4.69, 9.17) is 37.4 Å². The van der Waals surface area contributed by atoms with Crippen LogP contribution >= 0.6 is 35.0 Å². The van der Waals surface area contributed by atoms with Gasteiger partial charge in [0.1, 0.15) is 31.0 Å². The lowest BCUT2D eigenvalue weighted by atomic mass is 10.1. The Labute approximate surface area is 254 Å². The van der Waals surface area contributed by atoms with Crippen LogP contribution in [0.4, 0.5) is 4.79 Å². The average Bonchev–Trinajstić information content (AvgIpc) is 3.48. The van der Waals surface area contributed by atoms with E-state index in [0.29, 0.717) is 39.5 Å². The number of hydrogen-bond acceptors (Lipinski definition) is 8. The molecule has 2 amide bonds. The fourth-order valence-electron chi connectivity index (χ4n) is 4.75. The van der Waals surface area contributed by atoms with E-state index in [2.05, 4.69) is 10.2 Å². The third-order valence-corrected chi connectivity index (χ3v) is 8.83. The molecule has 2 aliphatic rings. The Morgan fingerprint density at radius 2 is 1.76 bits per heavy atom. The highest BCUT2D eigenvalue weighted by Crippen LogP contribution is 2.26. The molecule has 0 saturated carbocycles. The van der Waals surface area contributed by atoms with Crippen LogP contribution in [-0.4, -0.2) is 84.8 Å². The van der Waals surface area contributed by atoms with E-state index in [1.807, 2.05) is 12.1 Å². The van der Waals surface area contributed by atoms with Crippen LogP contribution < -0.4 is 10.1 Å². The van der Waals surface area contributed by atoms with Gasteiger partial charge in [0.25, 0.3) is 0 Å². The Balaban J connectivity index is 1.30. The van der Waals surface area contributed by atoms with Crippen molar-refractivity contribution in [3.05, 3.63) is 63.6 Å². The van der Waals surface area contributed by atoms with Crippen LogP contribution in [0.3, 0.4) is 0 Å². The molecule has 2 aromatic rings. The average molecular weight is 625 g/mol. The number of hydrogen-bond donors (Lipinski definition) is 1. The lowest BCUT2D eigenvalue weighted by Gasteiger charge is -2.27. The Kier molecular flexibility index (Phi) is 11.9. The monoisotopic (exact) mass is 623 g/mol. The number of carbonyl (C=O) groups is 3. The molecule has 9 nitrogen and oxygen atoms in total. The summed E-state index contributed by atoms with van der Waals surface area (Å²) in [7, 11) is 1.27. The van der Waals surface area contributed by atoms with Gasteiger partial charge in [-0.2, -0.15) is 0 Å². The first-order valence-electron chi connectivity index (χ1n) is 13.6. The molecule has 0 bridgehead atoms. The van der Waals surface area contributed by atoms with E-state index in [0.717, 1.165) is 31.5 Å². The van der Waals surface area contributed by atoms with Crippen molar-refractivity contribution in [2.75, 3.05) is 45.0 Å². The molecule has 41 heavy (non-hydrogen) atoms. The number of rotatable bonds is 11. The zero-order valence-corrected chi connectivity index (χ0v) is 25.3. The van der Waals surface area contributed by atoms with Crippen LogP contribution in [-0.2, 0) is 32.1 Å². The lowest BCUT2D eigenvalue weighted by molar-refractivity contribution is -0.145. The standard InChI is InChI=1S/C29H35Cl2N3O6S/c1-38-28(36)25(16-20-8-10-21(11-9-20)40-17-22-23(30)6-5-7-24(22)31)32-27(35)26-18-41-19-34(26)29(37)39-15-14-33-12-3-2-4-13-33/h5-11,25-26H,2-4,12-19H2,1H3,(H,32,35)/t25-,26?/m0/s1. The van der Waals surface area contributed by atoms with E-state index in [1.54, 1.807) is 30.3 Å². The van der Waals surface area contributed by atoms with Crippen LogP contribution in [0.5, 0.6) is 5.75 Å². The number of thioether (sulfide) groups is 1. The molecule has 4 rings (SSSR count). The predicted octanol–water partition coefficient (Wildman–Crippen LogP) is 4.77. The summed E-state index contributed by atoms with van der Waals surface area (Å²) >= 11 is 13.9. The second-order valence-electron chi connectivity index (χ2n) is 9.92. The third kappa shape index (κ3) is 8.91. The largest absolute Gasteiger partial charge is 0.489 e. The summed E-state index contributed by atoms with van der Waals surface area (Å²) in [5.41, 5.74) is 1.48. The van der Waals surface area contributed by atoms with Gasteiger partial charge in [-0.05, 0) is 55.8 Å². The molecule has 222 valence electrons. The highest BCUT2D eigenvalue weighted by Gasteiger charge is 2.37. The summed E-state index contributed by atoms with van der Waals surface area (Å²) in [5, 5.41) is 3.83. The van der Waals surface area contributed by atoms with Crippen LogP contribution in [0.1, 0.15) is 30.4 Å². The van der Waals surface area contributed by atoms with E-state index in [-0.39, 0.29) is 19.6 Å². The first-order chi connectivity index (χ1) is 19.9. The minimum atomic E-state index is -0.927. The molecule has 2 aliphatic heterocycles. The third-order valence-electron chi connectivity index (χ3n) is 7.11. The summed E-state index contributed by atoms with van der Waals surface area (Å²) in [6.45, 7) is 3.21. The van der Waals surface area contributed by atoms with Crippen molar-refractivity contribution in [2.24, 2.45) is 0 Å². The number of esters is 1. The molecule has 0 aliphatic carbocycles. The summed E-state index contributed by atoms with van der Waals surface area (Å²) in [5.74, 6) is 0.372. The van der Waals surface area contributed by atoms with Gasteiger partial charge in [-0.25, -0.2) is 9.59 Å². The highest BCUT2D eigenvalue weighted by molar-refractivity contribution is 7.99. The van der Waals surface area contributed by atoms with Crippen LogP contribution in [0.25, 0.3) is 0 Å². The predicted molar refractivity (Wildman–Crippen MR) is 159 cm³/mol. The molecule has 12 heteroatoms.